The van der Waals surface area contributed by atoms with Gasteiger partial charge < -0.3 is 15.6 Å². The van der Waals surface area contributed by atoms with Crippen LogP contribution in [0.4, 0.5) is 4.79 Å². The lowest BCUT2D eigenvalue weighted by molar-refractivity contribution is -0.151. The molecule has 0 aromatic carbocycles. The fraction of sp³-hybridized carbons (Fsp3) is 0.500. The van der Waals surface area contributed by atoms with Gasteiger partial charge in [0.15, 0.2) is 0 Å². The van der Waals surface area contributed by atoms with E-state index >= 15 is 0 Å². The second-order valence-corrected chi connectivity index (χ2v) is 6.74. The zero-order valence-corrected chi connectivity index (χ0v) is 13.0. The Kier molecular flexibility index (Phi) is 3.74. The molecule has 1 unspecified atom stereocenters. The standard InChI is InChI=1S/C10H12N6O4S2/c1-15-8(12-13-14-15)22-4-10(11)6(17)16-5(20-9(18)19)2-3-21-7(10)16/h2,7H,3-4,11H2,1H3,(H,18,19)/t7-,10?/m0/s1. The van der Waals surface area contributed by atoms with Crippen molar-refractivity contribution in [2.75, 3.05) is 11.5 Å². The summed E-state index contributed by atoms with van der Waals surface area (Å²) in [6.45, 7) is 0. The number of hydrogen-bond acceptors (Lipinski definition) is 9. The van der Waals surface area contributed by atoms with Gasteiger partial charge in [-0.2, -0.15) is 0 Å². The van der Waals surface area contributed by atoms with Gasteiger partial charge in [0, 0.05) is 18.6 Å². The molecule has 12 heteroatoms. The van der Waals surface area contributed by atoms with Crippen LogP contribution in [-0.4, -0.2) is 64.7 Å². The molecule has 0 radical (unpaired) electrons. The summed E-state index contributed by atoms with van der Waals surface area (Å²) in [5.41, 5.74) is 5.11. The van der Waals surface area contributed by atoms with Crippen LogP contribution >= 0.6 is 23.5 Å². The summed E-state index contributed by atoms with van der Waals surface area (Å²) >= 11 is 2.73. The second-order valence-electron chi connectivity index (χ2n) is 4.69. The maximum Gasteiger partial charge on any atom is 0.512 e. The van der Waals surface area contributed by atoms with Gasteiger partial charge in [0.05, 0.1) is 0 Å². The zero-order valence-electron chi connectivity index (χ0n) is 11.4. The molecule has 3 heterocycles. The molecule has 118 valence electrons. The lowest BCUT2D eigenvalue weighted by Gasteiger charge is -2.54. The van der Waals surface area contributed by atoms with Gasteiger partial charge >= 0.3 is 6.16 Å². The highest BCUT2D eigenvalue weighted by Gasteiger charge is 2.61. The number of β-lactam (4-membered cyclic amide) rings is 1. The fourth-order valence-corrected chi connectivity index (χ4v) is 4.51. The number of ether oxygens (including phenoxy) is 1. The van der Waals surface area contributed by atoms with Gasteiger partial charge in [0.1, 0.15) is 10.9 Å². The van der Waals surface area contributed by atoms with Crippen molar-refractivity contribution in [3.05, 3.63) is 12.0 Å². The predicted octanol–water partition coefficient (Wildman–Crippen LogP) is -0.549. The van der Waals surface area contributed by atoms with Crippen molar-refractivity contribution in [1.29, 1.82) is 0 Å². The molecule has 0 bridgehead atoms. The molecule has 2 atom stereocenters. The first-order valence-electron chi connectivity index (χ1n) is 6.13. The summed E-state index contributed by atoms with van der Waals surface area (Å²) in [4.78, 5) is 24.3. The van der Waals surface area contributed by atoms with Crippen LogP contribution in [0.2, 0.25) is 0 Å². The molecule has 1 aromatic rings. The SMILES string of the molecule is Cn1nnnc1SCC1(N)C(=O)N2C(OC(=O)O)=CCS[C@H]21. The third-order valence-corrected chi connectivity index (χ3v) is 5.79. The summed E-state index contributed by atoms with van der Waals surface area (Å²) in [5.74, 6) is 0.452. The average Bonchev–Trinajstić information content (AvgIpc) is 2.89. The predicted molar refractivity (Wildman–Crippen MR) is 76.7 cm³/mol. The number of carbonyl (C=O) groups excluding carboxylic acids is 1. The molecule has 1 amide bonds. The van der Waals surface area contributed by atoms with E-state index in [1.807, 2.05) is 0 Å². The van der Waals surface area contributed by atoms with Crippen LogP contribution in [0.3, 0.4) is 0 Å². The minimum absolute atomic E-state index is 0.0210. The first kappa shape index (κ1) is 15.1. The number of carboxylic acid groups (broad SMARTS) is 1. The summed E-state index contributed by atoms with van der Waals surface area (Å²) in [6.07, 6.45) is 0.0886. The molecule has 0 saturated carbocycles. The molecular formula is C10H12N6O4S2. The quantitative estimate of drug-likeness (QED) is 0.416. The Bertz CT molecular complexity index is 664. The van der Waals surface area contributed by atoms with E-state index in [-0.39, 0.29) is 22.9 Å². The largest absolute Gasteiger partial charge is 0.512 e. The maximum atomic E-state index is 12.4. The number of hydrogen-bond donors (Lipinski definition) is 2. The van der Waals surface area contributed by atoms with Gasteiger partial charge in [0.25, 0.3) is 5.91 Å². The van der Waals surface area contributed by atoms with Crippen LogP contribution in [0.1, 0.15) is 0 Å². The zero-order chi connectivity index (χ0) is 15.9. The number of thioether (sulfide) groups is 2. The molecule has 1 saturated heterocycles. The van der Waals surface area contributed by atoms with Crippen LogP contribution in [-0.2, 0) is 16.6 Å². The highest BCUT2D eigenvalue weighted by Crippen LogP contribution is 2.44. The number of nitrogens with two attached hydrogens (primary N) is 1. The van der Waals surface area contributed by atoms with Crippen LogP contribution in [0, 0.1) is 0 Å². The number of amides is 1. The average molecular weight is 344 g/mol. The number of tetrazole rings is 1. The molecule has 22 heavy (non-hydrogen) atoms. The van der Waals surface area contributed by atoms with Gasteiger partial charge in [0.2, 0.25) is 11.0 Å². The molecule has 10 nitrogen and oxygen atoms in total. The molecule has 1 fully saturated rings. The molecule has 0 spiro atoms. The highest BCUT2D eigenvalue weighted by atomic mass is 32.2. The first-order valence-corrected chi connectivity index (χ1v) is 8.17. The number of aryl methyl sites for hydroxylation is 1. The van der Waals surface area contributed by atoms with Crippen molar-refractivity contribution in [2.24, 2.45) is 12.8 Å². The monoisotopic (exact) mass is 344 g/mol. The fourth-order valence-electron chi connectivity index (χ4n) is 2.19. The van der Waals surface area contributed by atoms with E-state index in [1.165, 1.54) is 33.1 Å². The minimum atomic E-state index is -1.46. The van der Waals surface area contributed by atoms with Crippen LogP contribution in [0.15, 0.2) is 17.1 Å². The summed E-state index contributed by atoms with van der Waals surface area (Å²) in [5, 5.41) is 19.9. The number of fused-ring (bicyclic) bond motifs is 1. The Balaban J connectivity index is 1.72. The lowest BCUT2D eigenvalue weighted by atomic mass is 9.91. The lowest BCUT2D eigenvalue weighted by Crippen LogP contribution is -2.78. The first-order chi connectivity index (χ1) is 10.4. The van der Waals surface area contributed by atoms with Gasteiger partial charge in [-0.1, -0.05) is 11.8 Å². The molecular weight excluding hydrogens is 332 g/mol. The number of carbonyl (C=O) groups is 2. The van der Waals surface area contributed by atoms with Crippen LogP contribution < -0.4 is 5.73 Å². The van der Waals surface area contributed by atoms with Crippen molar-refractivity contribution in [3.63, 3.8) is 0 Å². The second kappa shape index (κ2) is 5.44. The van der Waals surface area contributed by atoms with E-state index in [2.05, 4.69) is 20.3 Å². The van der Waals surface area contributed by atoms with E-state index < -0.39 is 11.7 Å². The third kappa shape index (κ3) is 2.32. The summed E-state index contributed by atoms with van der Waals surface area (Å²) in [7, 11) is 1.69. The summed E-state index contributed by atoms with van der Waals surface area (Å²) < 4.78 is 6.12. The topological polar surface area (TPSA) is 136 Å². The normalized spacial score (nSPS) is 27.0. The van der Waals surface area contributed by atoms with Crippen molar-refractivity contribution >= 4 is 35.6 Å². The Labute approximate surface area is 133 Å². The van der Waals surface area contributed by atoms with Gasteiger partial charge in [-0.05, 0) is 16.5 Å². The van der Waals surface area contributed by atoms with Crippen molar-refractivity contribution < 1.29 is 19.4 Å². The van der Waals surface area contributed by atoms with E-state index in [0.29, 0.717) is 10.9 Å². The summed E-state index contributed by atoms with van der Waals surface area (Å²) in [6, 6.07) is 0. The Morgan fingerprint density at radius 2 is 2.50 bits per heavy atom. The van der Waals surface area contributed by atoms with Crippen LogP contribution in [0.5, 0.6) is 0 Å². The molecule has 3 rings (SSSR count). The van der Waals surface area contributed by atoms with E-state index in [9.17, 15) is 9.59 Å². The maximum absolute atomic E-state index is 12.4. The number of aromatic nitrogens is 4. The Morgan fingerprint density at radius 1 is 1.73 bits per heavy atom. The van der Waals surface area contributed by atoms with E-state index in [4.69, 9.17) is 10.8 Å². The third-order valence-electron chi connectivity index (χ3n) is 3.25. The van der Waals surface area contributed by atoms with Gasteiger partial charge in [-0.15, -0.1) is 16.9 Å². The molecule has 2 aliphatic rings. The molecule has 3 N–H and O–H groups in total. The smallest absolute Gasteiger partial charge is 0.449 e. The Hall–Kier alpha value is -1.79. The van der Waals surface area contributed by atoms with Crippen molar-refractivity contribution in [1.82, 2.24) is 25.1 Å². The molecule has 2 aliphatic heterocycles. The van der Waals surface area contributed by atoms with E-state index in [0.717, 1.165) is 0 Å². The van der Waals surface area contributed by atoms with Crippen molar-refractivity contribution in [3.8, 4) is 0 Å². The van der Waals surface area contributed by atoms with Crippen molar-refractivity contribution in [2.45, 2.75) is 16.1 Å². The Morgan fingerprint density at radius 3 is 3.14 bits per heavy atom. The highest BCUT2D eigenvalue weighted by molar-refractivity contribution is 8.01. The number of rotatable bonds is 4. The molecule has 1 aromatic heterocycles. The minimum Gasteiger partial charge on any atom is -0.449 e. The molecule has 0 aliphatic carbocycles. The van der Waals surface area contributed by atoms with Gasteiger partial charge in [-0.3, -0.25) is 9.69 Å². The van der Waals surface area contributed by atoms with E-state index in [1.54, 1.807) is 13.1 Å². The van der Waals surface area contributed by atoms with Gasteiger partial charge in [-0.25, -0.2) is 9.48 Å². The number of nitrogens with zero attached hydrogens (tertiary/aromatic N) is 5. The van der Waals surface area contributed by atoms with Crippen LogP contribution in [0.25, 0.3) is 0 Å².